The van der Waals surface area contributed by atoms with E-state index >= 15 is 0 Å². The molecule has 0 aliphatic heterocycles. The first kappa shape index (κ1) is 23.0. The highest BCUT2D eigenvalue weighted by atomic mass is 16.5. The van der Waals surface area contributed by atoms with E-state index in [1.165, 1.54) is 11.1 Å². The number of hydrogen-bond acceptors (Lipinski definition) is 4. The Kier molecular flexibility index (Phi) is 7.38. The SMILES string of the molecule is C=C1C(=CC=C2CCC[C@]3(C)C(COCCC(=O)N(C)C)=CC[C@@H]23)C[C@@H](O)C[C@@H]1O. The van der Waals surface area contributed by atoms with Crippen LogP contribution in [0.2, 0.25) is 0 Å². The van der Waals surface area contributed by atoms with Gasteiger partial charge in [-0.25, -0.2) is 0 Å². The number of carbonyl (C=O) groups excluding carboxylic acids is 1. The van der Waals surface area contributed by atoms with Crippen LogP contribution in [0.4, 0.5) is 0 Å². The van der Waals surface area contributed by atoms with E-state index in [0.717, 1.165) is 36.8 Å². The number of fused-ring (bicyclic) bond motifs is 1. The number of carbonyl (C=O) groups is 1. The normalized spacial score (nSPS) is 34.2. The minimum Gasteiger partial charge on any atom is -0.393 e. The van der Waals surface area contributed by atoms with Gasteiger partial charge < -0.3 is 19.8 Å². The maximum atomic E-state index is 11.7. The van der Waals surface area contributed by atoms with E-state index in [1.54, 1.807) is 19.0 Å². The second-order valence-electron chi connectivity index (χ2n) is 9.45. The molecule has 2 N–H and O–H groups in total. The monoisotopic (exact) mass is 415 g/mol. The van der Waals surface area contributed by atoms with Crippen LogP contribution >= 0.6 is 0 Å². The van der Waals surface area contributed by atoms with Crippen molar-refractivity contribution in [2.45, 2.75) is 64.1 Å². The first-order valence-corrected chi connectivity index (χ1v) is 11.1. The number of allylic oxidation sites excluding steroid dienone is 4. The lowest BCUT2D eigenvalue weighted by Gasteiger charge is -2.41. The first-order chi connectivity index (χ1) is 14.2. The molecule has 3 aliphatic carbocycles. The van der Waals surface area contributed by atoms with Crippen LogP contribution in [0.3, 0.4) is 0 Å². The second-order valence-corrected chi connectivity index (χ2v) is 9.45. The number of aliphatic hydroxyl groups is 2. The summed E-state index contributed by atoms with van der Waals surface area (Å²) in [6.45, 7) is 7.41. The van der Waals surface area contributed by atoms with E-state index in [4.69, 9.17) is 4.74 Å². The number of rotatable bonds is 6. The lowest BCUT2D eigenvalue weighted by Crippen LogP contribution is -2.32. The summed E-state index contributed by atoms with van der Waals surface area (Å²) in [6, 6.07) is 0. The maximum Gasteiger partial charge on any atom is 0.224 e. The molecule has 1 amide bonds. The van der Waals surface area contributed by atoms with Crippen LogP contribution in [0.15, 0.2) is 47.1 Å². The predicted molar refractivity (Wildman–Crippen MR) is 119 cm³/mol. The summed E-state index contributed by atoms with van der Waals surface area (Å²) in [5.74, 6) is 0.562. The van der Waals surface area contributed by atoms with Gasteiger partial charge in [-0.05, 0) is 60.2 Å². The molecule has 5 nitrogen and oxygen atoms in total. The van der Waals surface area contributed by atoms with Crippen LogP contribution in [0.5, 0.6) is 0 Å². The fourth-order valence-electron chi connectivity index (χ4n) is 5.16. The number of nitrogens with zero attached hydrogens (tertiary/aromatic N) is 1. The molecule has 2 fully saturated rings. The number of ether oxygens (including phenoxy) is 1. The Bertz CT molecular complexity index is 763. The van der Waals surface area contributed by atoms with Crippen LogP contribution in [0.25, 0.3) is 0 Å². The third-order valence-corrected chi connectivity index (χ3v) is 7.19. The standard InChI is InChI=1S/C25H37NO4/c1-17-19(14-21(27)15-23(17)28)8-7-18-6-5-12-25(2)20(9-10-22(18)25)16-30-13-11-24(29)26(3)4/h7-9,21-23,27-28H,1,5-6,10-16H2,2-4H3/t21-,22+,23+,25-/m1/s1. The van der Waals surface area contributed by atoms with E-state index in [2.05, 4.69) is 31.7 Å². The third kappa shape index (κ3) is 4.96. The van der Waals surface area contributed by atoms with Crippen LogP contribution in [0.1, 0.15) is 51.9 Å². The average Bonchev–Trinajstić information content (AvgIpc) is 3.03. The molecular weight excluding hydrogens is 378 g/mol. The average molecular weight is 416 g/mol. The van der Waals surface area contributed by atoms with Gasteiger partial charge in [0.1, 0.15) is 0 Å². The maximum absolute atomic E-state index is 11.7. The lowest BCUT2D eigenvalue weighted by atomic mass is 9.64. The molecule has 3 aliphatic rings. The lowest BCUT2D eigenvalue weighted by molar-refractivity contribution is -0.129. The van der Waals surface area contributed by atoms with Gasteiger partial charge in [0.05, 0.1) is 31.8 Å². The van der Waals surface area contributed by atoms with Crippen molar-refractivity contribution in [3.8, 4) is 0 Å². The molecule has 2 saturated carbocycles. The van der Waals surface area contributed by atoms with Crippen molar-refractivity contribution in [1.29, 1.82) is 0 Å². The van der Waals surface area contributed by atoms with Crippen molar-refractivity contribution < 1.29 is 19.7 Å². The molecule has 0 aromatic rings. The molecule has 0 saturated heterocycles. The van der Waals surface area contributed by atoms with E-state index in [0.29, 0.717) is 38.4 Å². The number of aliphatic hydroxyl groups excluding tert-OH is 2. The quantitative estimate of drug-likeness (QED) is 0.514. The highest BCUT2D eigenvalue weighted by molar-refractivity contribution is 5.75. The molecule has 0 aromatic heterocycles. The summed E-state index contributed by atoms with van der Waals surface area (Å²) in [6.07, 6.45) is 11.2. The van der Waals surface area contributed by atoms with Crippen LogP contribution in [-0.4, -0.2) is 60.5 Å². The molecule has 166 valence electrons. The summed E-state index contributed by atoms with van der Waals surface area (Å²) in [5.41, 5.74) is 4.60. The van der Waals surface area contributed by atoms with Crippen LogP contribution in [-0.2, 0) is 9.53 Å². The summed E-state index contributed by atoms with van der Waals surface area (Å²) < 4.78 is 5.87. The van der Waals surface area contributed by atoms with E-state index < -0.39 is 12.2 Å². The van der Waals surface area contributed by atoms with Gasteiger partial charge >= 0.3 is 0 Å². The minimum atomic E-state index is -0.647. The fraction of sp³-hybridized carbons (Fsp3) is 0.640. The Hall–Kier alpha value is -1.69. The number of hydrogen-bond donors (Lipinski definition) is 2. The summed E-state index contributed by atoms with van der Waals surface area (Å²) in [4.78, 5) is 13.3. The Morgan fingerprint density at radius 3 is 2.87 bits per heavy atom. The Morgan fingerprint density at radius 2 is 2.13 bits per heavy atom. The van der Waals surface area contributed by atoms with Crippen molar-refractivity contribution in [3.63, 3.8) is 0 Å². The van der Waals surface area contributed by atoms with Gasteiger partial charge in [-0.3, -0.25) is 4.79 Å². The molecule has 0 heterocycles. The van der Waals surface area contributed by atoms with Gasteiger partial charge in [-0.1, -0.05) is 37.3 Å². The van der Waals surface area contributed by atoms with Gasteiger partial charge in [-0.15, -0.1) is 0 Å². The molecule has 5 heteroatoms. The van der Waals surface area contributed by atoms with Crippen molar-refractivity contribution in [3.05, 3.63) is 47.1 Å². The molecule has 30 heavy (non-hydrogen) atoms. The van der Waals surface area contributed by atoms with Gasteiger partial charge in [-0.2, -0.15) is 0 Å². The van der Waals surface area contributed by atoms with Crippen molar-refractivity contribution in [2.75, 3.05) is 27.3 Å². The molecule has 0 bridgehead atoms. The summed E-state index contributed by atoms with van der Waals surface area (Å²) in [5, 5.41) is 20.1. The zero-order chi connectivity index (χ0) is 21.9. The zero-order valence-electron chi connectivity index (χ0n) is 18.7. The van der Waals surface area contributed by atoms with E-state index in [-0.39, 0.29) is 11.3 Å². The fourth-order valence-corrected chi connectivity index (χ4v) is 5.16. The Morgan fingerprint density at radius 1 is 1.37 bits per heavy atom. The zero-order valence-corrected chi connectivity index (χ0v) is 18.7. The van der Waals surface area contributed by atoms with Crippen molar-refractivity contribution >= 4 is 5.91 Å². The van der Waals surface area contributed by atoms with E-state index in [1.807, 2.05) is 0 Å². The molecule has 0 aromatic carbocycles. The molecule has 3 rings (SSSR count). The Labute approximate surface area is 180 Å². The van der Waals surface area contributed by atoms with E-state index in [9.17, 15) is 15.0 Å². The predicted octanol–water partition coefficient (Wildman–Crippen LogP) is 3.54. The molecule has 0 unspecified atom stereocenters. The smallest absolute Gasteiger partial charge is 0.224 e. The molecular formula is C25H37NO4. The third-order valence-electron chi connectivity index (χ3n) is 7.19. The van der Waals surface area contributed by atoms with Gasteiger partial charge in [0.2, 0.25) is 5.91 Å². The highest BCUT2D eigenvalue weighted by Crippen LogP contribution is 2.54. The minimum absolute atomic E-state index is 0.0925. The van der Waals surface area contributed by atoms with Gasteiger partial charge in [0.25, 0.3) is 0 Å². The van der Waals surface area contributed by atoms with Crippen molar-refractivity contribution in [1.82, 2.24) is 4.90 Å². The van der Waals surface area contributed by atoms with Crippen LogP contribution < -0.4 is 0 Å². The molecule has 4 atom stereocenters. The Balaban J connectivity index is 1.63. The first-order valence-electron chi connectivity index (χ1n) is 11.1. The summed E-state index contributed by atoms with van der Waals surface area (Å²) in [7, 11) is 3.53. The van der Waals surface area contributed by atoms with Crippen molar-refractivity contribution in [2.24, 2.45) is 11.3 Å². The second kappa shape index (κ2) is 9.63. The molecule has 0 radical (unpaired) electrons. The number of amides is 1. The topological polar surface area (TPSA) is 70.0 Å². The summed E-state index contributed by atoms with van der Waals surface area (Å²) >= 11 is 0. The van der Waals surface area contributed by atoms with Gasteiger partial charge in [0, 0.05) is 20.5 Å². The molecule has 0 spiro atoms. The highest BCUT2D eigenvalue weighted by Gasteiger charge is 2.44. The largest absolute Gasteiger partial charge is 0.393 e. The van der Waals surface area contributed by atoms with Crippen LogP contribution in [0, 0.1) is 11.3 Å². The van der Waals surface area contributed by atoms with Gasteiger partial charge in [0.15, 0.2) is 0 Å².